The zero-order valence-electron chi connectivity index (χ0n) is 10.0. The smallest absolute Gasteiger partial charge is 0.257 e. The van der Waals surface area contributed by atoms with Gasteiger partial charge in [0.1, 0.15) is 0 Å². The molecule has 1 atom stereocenters. The van der Waals surface area contributed by atoms with Crippen LogP contribution in [0.5, 0.6) is 0 Å². The second-order valence-electron chi connectivity index (χ2n) is 4.29. The molecule has 0 aromatic carbocycles. The van der Waals surface area contributed by atoms with E-state index >= 15 is 0 Å². The predicted octanol–water partition coefficient (Wildman–Crippen LogP) is 0.571. The Balaban J connectivity index is 2.04. The maximum Gasteiger partial charge on any atom is 0.257 e. The molecule has 0 bridgehead atoms. The molecule has 0 aliphatic carbocycles. The lowest BCUT2D eigenvalue weighted by Gasteiger charge is -2.17. The zero-order valence-corrected chi connectivity index (χ0v) is 10.0. The standard InChI is InChI=1S/C12H14FN3O2/c1-8(17)15-9-3-5-16(7-9)12(18)10-2-4-14-6-11(10)13/h2,4,6,9H,3,5,7H2,1H3,(H,15,17). The lowest BCUT2D eigenvalue weighted by atomic mass is 10.2. The fourth-order valence-electron chi connectivity index (χ4n) is 2.07. The van der Waals surface area contributed by atoms with Crippen molar-refractivity contribution < 1.29 is 14.0 Å². The van der Waals surface area contributed by atoms with Crippen LogP contribution in [0.1, 0.15) is 23.7 Å². The molecule has 18 heavy (non-hydrogen) atoms. The molecule has 0 saturated carbocycles. The van der Waals surface area contributed by atoms with E-state index in [4.69, 9.17) is 0 Å². The lowest BCUT2D eigenvalue weighted by Crippen LogP contribution is -2.37. The number of amides is 2. The SMILES string of the molecule is CC(=O)NC1CCN(C(=O)c2ccncc2F)C1. The molecule has 1 aromatic heterocycles. The second-order valence-corrected chi connectivity index (χ2v) is 4.29. The Bertz CT molecular complexity index is 478. The van der Waals surface area contributed by atoms with Crippen LogP contribution in [0.3, 0.4) is 0 Å². The van der Waals surface area contributed by atoms with Crippen molar-refractivity contribution in [2.45, 2.75) is 19.4 Å². The highest BCUT2D eigenvalue weighted by Gasteiger charge is 2.28. The van der Waals surface area contributed by atoms with E-state index in [1.54, 1.807) is 4.90 Å². The summed E-state index contributed by atoms with van der Waals surface area (Å²) in [5.74, 6) is -1.10. The Labute approximate surface area is 104 Å². The summed E-state index contributed by atoms with van der Waals surface area (Å²) in [7, 11) is 0. The summed E-state index contributed by atoms with van der Waals surface area (Å²) in [4.78, 5) is 28.1. The van der Waals surface area contributed by atoms with Gasteiger partial charge in [0, 0.05) is 32.3 Å². The van der Waals surface area contributed by atoms with Crippen LogP contribution >= 0.6 is 0 Å². The van der Waals surface area contributed by atoms with Gasteiger partial charge in [-0.2, -0.15) is 0 Å². The third kappa shape index (κ3) is 2.64. The van der Waals surface area contributed by atoms with Crippen molar-refractivity contribution in [2.24, 2.45) is 0 Å². The number of hydrogen-bond acceptors (Lipinski definition) is 3. The third-order valence-electron chi connectivity index (χ3n) is 2.89. The number of halogens is 1. The molecular formula is C12H14FN3O2. The van der Waals surface area contributed by atoms with Gasteiger partial charge in [-0.1, -0.05) is 0 Å². The molecule has 1 N–H and O–H groups in total. The molecule has 0 spiro atoms. The molecule has 96 valence electrons. The van der Waals surface area contributed by atoms with Crippen LogP contribution in [-0.4, -0.2) is 40.8 Å². The Morgan fingerprint density at radius 2 is 2.33 bits per heavy atom. The largest absolute Gasteiger partial charge is 0.352 e. The summed E-state index contributed by atoms with van der Waals surface area (Å²) in [5, 5.41) is 2.75. The Kier molecular flexibility index (Phi) is 3.55. The highest BCUT2D eigenvalue weighted by atomic mass is 19.1. The monoisotopic (exact) mass is 251 g/mol. The van der Waals surface area contributed by atoms with Crippen molar-refractivity contribution >= 4 is 11.8 Å². The van der Waals surface area contributed by atoms with Crippen LogP contribution in [0.25, 0.3) is 0 Å². The first kappa shape index (κ1) is 12.5. The third-order valence-corrected chi connectivity index (χ3v) is 2.89. The highest BCUT2D eigenvalue weighted by Crippen LogP contribution is 2.15. The van der Waals surface area contributed by atoms with E-state index in [1.165, 1.54) is 19.2 Å². The van der Waals surface area contributed by atoms with Gasteiger partial charge < -0.3 is 10.2 Å². The highest BCUT2D eigenvalue weighted by molar-refractivity contribution is 5.94. The number of aromatic nitrogens is 1. The first-order chi connectivity index (χ1) is 8.58. The van der Waals surface area contributed by atoms with Crippen LogP contribution in [0, 0.1) is 5.82 Å². The summed E-state index contributed by atoms with van der Waals surface area (Å²) >= 11 is 0. The molecule has 1 unspecified atom stereocenters. The van der Waals surface area contributed by atoms with Gasteiger partial charge in [-0.25, -0.2) is 4.39 Å². The van der Waals surface area contributed by atoms with Gasteiger partial charge >= 0.3 is 0 Å². The van der Waals surface area contributed by atoms with Crippen molar-refractivity contribution in [3.63, 3.8) is 0 Å². The molecule has 1 aliphatic heterocycles. The van der Waals surface area contributed by atoms with E-state index in [9.17, 15) is 14.0 Å². The molecule has 2 rings (SSSR count). The summed E-state index contributed by atoms with van der Waals surface area (Å²) in [6.07, 6.45) is 3.10. The number of likely N-dealkylation sites (tertiary alicyclic amines) is 1. The van der Waals surface area contributed by atoms with Crippen molar-refractivity contribution in [3.8, 4) is 0 Å². The summed E-state index contributed by atoms with van der Waals surface area (Å²) in [6, 6.07) is 1.32. The number of carbonyl (C=O) groups is 2. The predicted molar refractivity (Wildman–Crippen MR) is 62.3 cm³/mol. The number of hydrogen-bond donors (Lipinski definition) is 1. The lowest BCUT2D eigenvalue weighted by molar-refractivity contribution is -0.119. The maximum atomic E-state index is 13.4. The number of rotatable bonds is 2. The molecule has 1 aliphatic rings. The topological polar surface area (TPSA) is 62.3 Å². The molecule has 6 heteroatoms. The van der Waals surface area contributed by atoms with Crippen molar-refractivity contribution in [3.05, 3.63) is 29.8 Å². The fraction of sp³-hybridized carbons (Fsp3) is 0.417. The normalized spacial score (nSPS) is 18.8. The van der Waals surface area contributed by atoms with Crippen LogP contribution in [0.15, 0.2) is 18.5 Å². The van der Waals surface area contributed by atoms with Gasteiger partial charge in [-0.3, -0.25) is 14.6 Å². The maximum absolute atomic E-state index is 13.4. The van der Waals surface area contributed by atoms with Crippen LogP contribution in [0.4, 0.5) is 4.39 Å². The fourth-order valence-corrected chi connectivity index (χ4v) is 2.07. The first-order valence-electron chi connectivity index (χ1n) is 5.74. The molecule has 0 radical (unpaired) electrons. The van der Waals surface area contributed by atoms with Crippen LogP contribution < -0.4 is 5.32 Å². The summed E-state index contributed by atoms with van der Waals surface area (Å²) in [5.41, 5.74) is 0.0217. The molecule has 1 saturated heterocycles. The summed E-state index contributed by atoms with van der Waals surface area (Å²) < 4.78 is 13.4. The van der Waals surface area contributed by atoms with E-state index < -0.39 is 5.82 Å². The van der Waals surface area contributed by atoms with Gasteiger partial charge in [0.2, 0.25) is 5.91 Å². The number of carbonyl (C=O) groups excluding carboxylic acids is 2. The summed E-state index contributed by atoms with van der Waals surface area (Å²) in [6.45, 7) is 2.37. The van der Waals surface area contributed by atoms with Crippen LogP contribution in [0.2, 0.25) is 0 Å². The number of pyridine rings is 1. The van der Waals surface area contributed by atoms with E-state index in [2.05, 4.69) is 10.3 Å². The molecule has 1 fully saturated rings. The number of nitrogens with zero attached hydrogens (tertiary/aromatic N) is 2. The Morgan fingerprint density at radius 1 is 1.56 bits per heavy atom. The molecule has 2 amide bonds. The van der Waals surface area contributed by atoms with E-state index in [-0.39, 0.29) is 23.4 Å². The molecule has 1 aromatic rings. The minimum Gasteiger partial charge on any atom is -0.352 e. The van der Waals surface area contributed by atoms with Gasteiger partial charge in [-0.15, -0.1) is 0 Å². The molecule has 5 nitrogen and oxygen atoms in total. The second kappa shape index (κ2) is 5.12. The number of nitrogens with one attached hydrogen (secondary N) is 1. The van der Waals surface area contributed by atoms with Crippen LogP contribution in [-0.2, 0) is 4.79 Å². The average Bonchev–Trinajstić information content (AvgIpc) is 2.76. The van der Waals surface area contributed by atoms with Gasteiger partial charge in [0.15, 0.2) is 5.82 Å². The Morgan fingerprint density at radius 3 is 3.00 bits per heavy atom. The first-order valence-corrected chi connectivity index (χ1v) is 5.74. The minimum atomic E-state index is -0.620. The minimum absolute atomic E-state index is 0.0217. The molecular weight excluding hydrogens is 237 g/mol. The quantitative estimate of drug-likeness (QED) is 0.836. The Hall–Kier alpha value is -1.98. The zero-order chi connectivity index (χ0) is 13.1. The van der Waals surface area contributed by atoms with E-state index in [1.807, 2.05) is 0 Å². The molecule has 2 heterocycles. The van der Waals surface area contributed by atoms with Crippen molar-refractivity contribution in [2.75, 3.05) is 13.1 Å². The van der Waals surface area contributed by atoms with Gasteiger partial charge in [-0.05, 0) is 12.5 Å². The van der Waals surface area contributed by atoms with Gasteiger partial charge in [0.25, 0.3) is 5.91 Å². The van der Waals surface area contributed by atoms with Crippen molar-refractivity contribution in [1.29, 1.82) is 0 Å². The van der Waals surface area contributed by atoms with Gasteiger partial charge in [0.05, 0.1) is 11.8 Å². The van der Waals surface area contributed by atoms with E-state index in [0.717, 1.165) is 6.20 Å². The van der Waals surface area contributed by atoms with Crippen molar-refractivity contribution in [1.82, 2.24) is 15.2 Å². The average molecular weight is 251 g/mol. The van der Waals surface area contributed by atoms with E-state index in [0.29, 0.717) is 19.5 Å².